The Balaban J connectivity index is 1.52. The van der Waals surface area contributed by atoms with Crippen LogP contribution in [0, 0.1) is 28.1 Å². The Bertz CT molecular complexity index is 1060. The maximum Gasteiger partial charge on any atom is 0.339 e. The minimum absolute atomic E-state index is 0.0158. The highest BCUT2D eigenvalue weighted by Crippen LogP contribution is 2.73. The number of benzene rings is 1. The Morgan fingerprint density at radius 1 is 0.941 bits per heavy atom. The van der Waals surface area contributed by atoms with Gasteiger partial charge >= 0.3 is 5.97 Å². The first kappa shape index (κ1) is 23.5. The number of hydrogen-bond donors (Lipinski definition) is 1. The molecule has 5 rings (SSSR count). The molecule has 0 saturated heterocycles. The van der Waals surface area contributed by atoms with Gasteiger partial charge in [-0.3, -0.25) is 9.59 Å². The topological polar surface area (TPSA) is 80.7 Å². The number of carbonyl (C=O) groups excluding carboxylic acids is 3. The Morgan fingerprint density at radius 3 is 2.32 bits per heavy atom. The standard InChI is InChI=1S/C29H36O5/c1-26-13-11-21(31)17-20(26)9-10-22-23-12-14-29(24(32)18-30,28(23,3)16-15-27(22,26)2)34-25(33)19-7-5-4-6-8-19/h4-8,17,22-23,30H,9-16,18H2,1-3H3/t22-,23-,26-,27-,28-,29-/m0/s1. The molecule has 4 aliphatic carbocycles. The molecule has 0 spiro atoms. The van der Waals surface area contributed by atoms with E-state index in [2.05, 4.69) is 20.8 Å². The van der Waals surface area contributed by atoms with E-state index in [4.69, 9.17) is 4.74 Å². The lowest BCUT2D eigenvalue weighted by Gasteiger charge is -2.65. The van der Waals surface area contributed by atoms with Crippen LogP contribution in [0.1, 0.15) is 82.5 Å². The van der Waals surface area contributed by atoms with Crippen molar-refractivity contribution in [3.8, 4) is 0 Å². The molecule has 0 heterocycles. The highest BCUT2D eigenvalue weighted by atomic mass is 16.6. The van der Waals surface area contributed by atoms with Crippen LogP contribution in [0.15, 0.2) is 42.0 Å². The van der Waals surface area contributed by atoms with E-state index in [1.807, 2.05) is 12.1 Å². The van der Waals surface area contributed by atoms with Crippen LogP contribution in [-0.2, 0) is 14.3 Å². The molecule has 5 nitrogen and oxygen atoms in total. The molecule has 6 atom stereocenters. The summed E-state index contributed by atoms with van der Waals surface area (Å²) >= 11 is 0. The molecule has 4 aliphatic rings. The molecule has 1 N–H and O–H groups in total. The van der Waals surface area contributed by atoms with E-state index in [0.29, 0.717) is 24.3 Å². The Labute approximate surface area is 202 Å². The fraction of sp³-hybridized carbons (Fsp3) is 0.621. The van der Waals surface area contributed by atoms with E-state index in [1.165, 1.54) is 5.57 Å². The third-order valence-electron chi connectivity index (χ3n) is 10.8. The zero-order valence-corrected chi connectivity index (χ0v) is 20.6. The molecule has 34 heavy (non-hydrogen) atoms. The first-order chi connectivity index (χ1) is 16.1. The number of rotatable bonds is 4. The molecule has 0 radical (unpaired) electrons. The molecule has 1 aromatic rings. The van der Waals surface area contributed by atoms with Crippen LogP contribution >= 0.6 is 0 Å². The van der Waals surface area contributed by atoms with Gasteiger partial charge in [-0.05, 0) is 85.8 Å². The van der Waals surface area contributed by atoms with Gasteiger partial charge in [0.25, 0.3) is 0 Å². The lowest BCUT2D eigenvalue weighted by atomic mass is 9.40. The van der Waals surface area contributed by atoms with Crippen molar-refractivity contribution in [1.29, 1.82) is 0 Å². The van der Waals surface area contributed by atoms with Gasteiger partial charge in [0.2, 0.25) is 5.78 Å². The number of carbonyl (C=O) groups is 3. The molecule has 0 aliphatic heterocycles. The third-order valence-corrected chi connectivity index (χ3v) is 10.8. The van der Waals surface area contributed by atoms with E-state index in [9.17, 15) is 19.5 Å². The first-order valence-electron chi connectivity index (χ1n) is 12.8. The first-order valence-corrected chi connectivity index (χ1v) is 12.8. The van der Waals surface area contributed by atoms with Crippen LogP contribution in [0.25, 0.3) is 0 Å². The monoisotopic (exact) mass is 464 g/mol. The number of aliphatic hydroxyl groups excluding tert-OH is 1. The average Bonchev–Trinajstić information content (AvgIpc) is 3.13. The molecule has 0 aromatic heterocycles. The number of aliphatic hydroxyl groups is 1. The number of Topliss-reactive ketones (excluding diaryl/α,β-unsaturated/α-hetero) is 1. The summed E-state index contributed by atoms with van der Waals surface area (Å²) in [5.74, 6) is -0.0244. The maximum atomic E-state index is 13.4. The lowest BCUT2D eigenvalue weighted by Crippen LogP contribution is -2.62. The molecular weight excluding hydrogens is 428 g/mol. The van der Waals surface area contributed by atoms with Gasteiger partial charge in [-0.2, -0.15) is 0 Å². The third kappa shape index (κ3) is 2.98. The molecule has 5 heteroatoms. The van der Waals surface area contributed by atoms with Gasteiger partial charge in [-0.15, -0.1) is 0 Å². The van der Waals surface area contributed by atoms with E-state index in [0.717, 1.165) is 38.5 Å². The van der Waals surface area contributed by atoms with Crippen LogP contribution in [0.4, 0.5) is 0 Å². The maximum absolute atomic E-state index is 13.4. The summed E-state index contributed by atoms with van der Waals surface area (Å²) in [6.07, 6.45) is 8.24. The summed E-state index contributed by atoms with van der Waals surface area (Å²) < 4.78 is 6.16. The van der Waals surface area contributed by atoms with Crippen molar-refractivity contribution < 1.29 is 24.2 Å². The molecule has 0 amide bonds. The summed E-state index contributed by atoms with van der Waals surface area (Å²) in [5.41, 5.74) is -0.0876. The van der Waals surface area contributed by atoms with Crippen molar-refractivity contribution in [2.75, 3.05) is 6.61 Å². The van der Waals surface area contributed by atoms with Crippen molar-refractivity contribution in [2.24, 2.45) is 28.1 Å². The van der Waals surface area contributed by atoms with E-state index in [-0.39, 0.29) is 28.3 Å². The SMILES string of the molecule is C[C@]12CCC(=O)C=C1CC[C@H]1[C@@H]3CC[C@](OC(=O)c4ccccc4)(C(=O)CO)[C@@]3(C)CC[C@@]12C. The van der Waals surface area contributed by atoms with Crippen LogP contribution < -0.4 is 0 Å². The number of fused-ring (bicyclic) bond motifs is 5. The molecular formula is C29H36O5. The van der Waals surface area contributed by atoms with Crippen molar-refractivity contribution in [1.82, 2.24) is 0 Å². The van der Waals surface area contributed by atoms with E-state index in [1.54, 1.807) is 24.3 Å². The summed E-state index contributed by atoms with van der Waals surface area (Å²) in [7, 11) is 0. The second-order valence-electron chi connectivity index (χ2n) is 11.8. The number of allylic oxidation sites excluding steroid dienone is 1. The summed E-state index contributed by atoms with van der Waals surface area (Å²) in [5, 5.41) is 9.97. The van der Waals surface area contributed by atoms with Crippen molar-refractivity contribution >= 4 is 17.5 Å². The Morgan fingerprint density at radius 2 is 1.62 bits per heavy atom. The molecule has 0 bridgehead atoms. The molecule has 0 unspecified atom stereocenters. The Kier molecular flexibility index (Phi) is 5.44. The summed E-state index contributed by atoms with van der Waals surface area (Å²) in [6, 6.07) is 8.81. The van der Waals surface area contributed by atoms with Crippen LogP contribution in [0.5, 0.6) is 0 Å². The smallest absolute Gasteiger partial charge is 0.339 e. The number of ether oxygens (including phenoxy) is 1. The second-order valence-corrected chi connectivity index (χ2v) is 11.8. The molecule has 3 fully saturated rings. The summed E-state index contributed by atoms with van der Waals surface area (Å²) in [4.78, 5) is 38.7. The van der Waals surface area contributed by atoms with Gasteiger partial charge in [0.05, 0.1) is 5.56 Å². The average molecular weight is 465 g/mol. The van der Waals surface area contributed by atoms with Crippen LogP contribution in [0.2, 0.25) is 0 Å². The van der Waals surface area contributed by atoms with Gasteiger partial charge in [0.15, 0.2) is 11.4 Å². The largest absolute Gasteiger partial charge is 0.447 e. The molecule has 3 saturated carbocycles. The second kappa shape index (κ2) is 7.87. The van der Waals surface area contributed by atoms with Crippen molar-refractivity contribution in [3.63, 3.8) is 0 Å². The lowest BCUT2D eigenvalue weighted by molar-refractivity contribution is -0.177. The predicted octanol–water partition coefficient (Wildman–Crippen LogP) is 5.07. The fourth-order valence-electron chi connectivity index (χ4n) is 8.52. The highest BCUT2D eigenvalue weighted by Gasteiger charge is 2.71. The predicted molar refractivity (Wildman–Crippen MR) is 128 cm³/mol. The quantitative estimate of drug-likeness (QED) is 0.630. The Hall–Kier alpha value is -2.27. The van der Waals surface area contributed by atoms with Gasteiger partial charge in [0.1, 0.15) is 6.61 Å². The van der Waals surface area contributed by atoms with Crippen molar-refractivity contribution in [3.05, 3.63) is 47.5 Å². The molecule has 182 valence electrons. The van der Waals surface area contributed by atoms with Gasteiger partial charge in [-0.25, -0.2) is 4.79 Å². The number of ketones is 2. The van der Waals surface area contributed by atoms with Gasteiger partial charge in [-0.1, -0.05) is 44.5 Å². The van der Waals surface area contributed by atoms with Crippen LogP contribution in [-0.4, -0.2) is 34.9 Å². The van der Waals surface area contributed by atoms with Gasteiger partial charge < -0.3 is 9.84 Å². The van der Waals surface area contributed by atoms with Crippen molar-refractivity contribution in [2.45, 2.75) is 77.7 Å². The zero-order chi connectivity index (χ0) is 24.4. The van der Waals surface area contributed by atoms with Gasteiger partial charge in [0, 0.05) is 11.8 Å². The number of hydrogen-bond acceptors (Lipinski definition) is 5. The van der Waals surface area contributed by atoms with Crippen LogP contribution in [0.3, 0.4) is 0 Å². The zero-order valence-electron chi connectivity index (χ0n) is 20.6. The minimum Gasteiger partial charge on any atom is -0.447 e. The fourth-order valence-corrected chi connectivity index (χ4v) is 8.52. The minimum atomic E-state index is -1.31. The number of esters is 1. The summed E-state index contributed by atoms with van der Waals surface area (Å²) in [6.45, 7) is 6.23. The molecule has 1 aromatic carbocycles. The normalized spacial score (nSPS) is 41.1. The van der Waals surface area contributed by atoms with E-state index < -0.39 is 23.6 Å². The highest BCUT2D eigenvalue weighted by molar-refractivity contribution is 5.96. The van der Waals surface area contributed by atoms with E-state index >= 15 is 0 Å².